The van der Waals surface area contributed by atoms with Crippen LogP contribution >= 0.6 is 15.9 Å². The second kappa shape index (κ2) is 5.67. The van der Waals surface area contributed by atoms with E-state index in [1.165, 1.54) is 6.07 Å². The number of ether oxygens (including phenoxy) is 1. The van der Waals surface area contributed by atoms with Gasteiger partial charge in [0.2, 0.25) is 5.82 Å². The zero-order valence-corrected chi connectivity index (χ0v) is 11.7. The predicted octanol–water partition coefficient (Wildman–Crippen LogP) is 4.54. The molecule has 0 aromatic heterocycles. The van der Waals surface area contributed by atoms with Gasteiger partial charge in [-0.25, -0.2) is 4.39 Å². The van der Waals surface area contributed by atoms with Crippen molar-refractivity contribution in [3.8, 4) is 11.5 Å². The molecular formula is C14H12BrF2NO. The molecular weight excluding hydrogens is 316 g/mol. The van der Waals surface area contributed by atoms with Crippen LogP contribution in [0.5, 0.6) is 11.5 Å². The molecule has 0 radical (unpaired) electrons. The molecule has 2 N–H and O–H groups in total. The van der Waals surface area contributed by atoms with Gasteiger partial charge < -0.3 is 10.5 Å². The minimum absolute atomic E-state index is 0.181. The summed E-state index contributed by atoms with van der Waals surface area (Å²) in [6.45, 7) is 1.79. The maximum Gasteiger partial charge on any atom is 0.201 e. The topological polar surface area (TPSA) is 35.2 Å². The molecule has 0 saturated heterocycles. The lowest BCUT2D eigenvalue weighted by Crippen LogP contribution is -2.06. The van der Waals surface area contributed by atoms with E-state index in [0.29, 0.717) is 10.2 Å². The summed E-state index contributed by atoms with van der Waals surface area (Å²) in [6.07, 6.45) is 0. The molecule has 0 fully saturated rings. The zero-order valence-electron chi connectivity index (χ0n) is 10.2. The molecule has 0 aliphatic heterocycles. The molecule has 0 aliphatic rings. The Labute approximate surface area is 118 Å². The van der Waals surface area contributed by atoms with Crippen molar-refractivity contribution < 1.29 is 13.5 Å². The van der Waals surface area contributed by atoms with Crippen molar-refractivity contribution in [2.45, 2.75) is 13.0 Å². The molecule has 5 heteroatoms. The van der Waals surface area contributed by atoms with Gasteiger partial charge in [0.25, 0.3) is 0 Å². The largest absolute Gasteiger partial charge is 0.454 e. The second-order valence-electron chi connectivity index (χ2n) is 4.13. The van der Waals surface area contributed by atoms with E-state index >= 15 is 0 Å². The van der Waals surface area contributed by atoms with Crippen LogP contribution in [0.25, 0.3) is 0 Å². The number of rotatable bonds is 3. The van der Waals surface area contributed by atoms with Crippen molar-refractivity contribution in [1.29, 1.82) is 0 Å². The molecule has 0 unspecified atom stereocenters. The highest BCUT2D eigenvalue weighted by Crippen LogP contribution is 2.32. The fraction of sp³-hybridized carbons (Fsp3) is 0.143. The highest BCUT2D eigenvalue weighted by molar-refractivity contribution is 9.10. The molecule has 2 nitrogen and oxygen atoms in total. The first-order valence-corrected chi connectivity index (χ1v) is 6.45. The molecule has 100 valence electrons. The van der Waals surface area contributed by atoms with Crippen LogP contribution in [0.3, 0.4) is 0 Å². The Morgan fingerprint density at radius 2 is 1.84 bits per heavy atom. The molecule has 0 spiro atoms. The predicted molar refractivity (Wildman–Crippen MR) is 73.2 cm³/mol. The number of para-hydroxylation sites is 1. The molecule has 0 bridgehead atoms. The lowest BCUT2D eigenvalue weighted by Gasteiger charge is -2.14. The fourth-order valence-corrected chi connectivity index (χ4v) is 2.08. The quantitative estimate of drug-likeness (QED) is 0.840. The SMILES string of the molecule is C[C@@H](N)c1ccccc1Oc1cc(Br)cc(F)c1F. The number of halogens is 3. The van der Waals surface area contributed by atoms with E-state index < -0.39 is 11.6 Å². The van der Waals surface area contributed by atoms with Crippen LogP contribution in [0.4, 0.5) is 8.78 Å². The Morgan fingerprint density at radius 1 is 1.16 bits per heavy atom. The Hall–Kier alpha value is -1.46. The summed E-state index contributed by atoms with van der Waals surface area (Å²) in [5.41, 5.74) is 6.53. The first-order chi connectivity index (χ1) is 8.99. The van der Waals surface area contributed by atoms with E-state index in [9.17, 15) is 8.78 Å². The van der Waals surface area contributed by atoms with Crippen molar-refractivity contribution in [2.24, 2.45) is 5.73 Å². The van der Waals surface area contributed by atoms with Crippen molar-refractivity contribution in [1.82, 2.24) is 0 Å². The summed E-state index contributed by atoms with van der Waals surface area (Å²) in [7, 11) is 0. The fourth-order valence-electron chi connectivity index (χ4n) is 1.67. The lowest BCUT2D eigenvalue weighted by atomic mass is 10.1. The molecule has 2 aromatic rings. The first-order valence-electron chi connectivity index (χ1n) is 5.66. The van der Waals surface area contributed by atoms with Gasteiger partial charge in [0.15, 0.2) is 11.6 Å². The third kappa shape index (κ3) is 3.11. The lowest BCUT2D eigenvalue weighted by molar-refractivity contribution is 0.410. The van der Waals surface area contributed by atoms with Crippen molar-refractivity contribution in [2.75, 3.05) is 0 Å². The van der Waals surface area contributed by atoms with Crippen LogP contribution < -0.4 is 10.5 Å². The van der Waals surface area contributed by atoms with Crippen molar-refractivity contribution in [3.63, 3.8) is 0 Å². The van der Waals surface area contributed by atoms with E-state index in [4.69, 9.17) is 10.5 Å². The van der Waals surface area contributed by atoms with E-state index in [0.717, 1.165) is 11.6 Å². The number of benzene rings is 2. The molecule has 0 heterocycles. The average Bonchev–Trinajstić information content (AvgIpc) is 2.35. The third-order valence-electron chi connectivity index (χ3n) is 2.59. The minimum Gasteiger partial charge on any atom is -0.454 e. The van der Waals surface area contributed by atoms with Gasteiger partial charge in [-0.15, -0.1) is 0 Å². The summed E-state index contributed by atoms with van der Waals surface area (Å²) in [5.74, 6) is -1.76. The normalized spacial score (nSPS) is 12.3. The summed E-state index contributed by atoms with van der Waals surface area (Å²) in [6, 6.07) is 9.15. The number of hydrogen-bond donors (Lipinski definition) is 1. The van der Waals surface area contributed by atoms with Gasteiger partial charge >= 0.3 is 0 Å². The van der Waals surface area contributed by atoms with Crippen LogP contribution in [0.15, 0.2) is 40.9 Å². The van der Waals surface area contributed by atoms with E-state index in [2.05, 4.69) is 15.9 Å². The van der Waals surface area contributed by atoms with Gasteiger partial charge in [0, 0.05) is 16.1 Å². The third-order valence-corrected chi connectivity index (χ3v) is 3.05. The number of nitrogens with two attached hydrogens (primary N) is 1. The van der Waals surface area contributed by atoms with Gasteiger partial charge in [-0.3, -0.25) is 0 Å². The first kappa shape index (κ1) is 14.0. The molecule has 2 aromatic carbocycles. The zero-order chi connectivity index (χ0) is 14.0. The average molecular weight is 328 g/mol. The van der Waals surface area contributed by atoms with Crippen molar-refractivity contribution >= 4 is 15.9 Å². The Bertz CT molecular complexity index is 602. The highest BCUT2D eigenvalue weighted by Gasteiger charge is 2.14. The van der Waals surface area contributed by atoms with Gasteiger partial charge in [-0.2, -0.15) is 4.39 Å². The van der Waals surface area contributed by atoms with Crippen LogP contribution in [-0.2, 0) is 0 Å². The molecule has 1 atom stereocenters. The van der Waals surface area contributed by atoms with E-state index in [1.54, 1.807) is 25.1 Å². The smallest absolute Gasteiger partial charge is 0.201 e. The van der Waals surface area contributed by atoms with Crippen LogP contribution in [0.2, 0.25) is 0 Å². The Morgan fingerprint density at radius 3 is 2.53 bits per heavy atom. The molecule has 19 heavy (non-hydrogen) atoms. The van der Waals surface area contributed by atoms with Gasteiger partial charge in [-0.05, 0) is 25.1 Å². The monoisotopic (exact) mass is 327 g/mol. The molecule has 0 amide bonds. The van der Waals surface area contributed by atoms with Gasteiger partial charge in [0.05, 0.1) is 0 Å². The number of hydrogen-bond acceptors (Lipinski definition) is 2. The summed E-state index contributed by atoms with van der Waals surface area (Å²) < 4.78 is 32.8. The summed E-state index contributed by atoms with van der Waals surface area (Å²) in [4.78, 5) is 0. The highest BCUT2D eigenvalue weighted by atomic mass is 79.9. The van der Waals surface area contributed by atoms with Crippen LogP contribution in [0.1, 0.15) is 18.5 Å². The van der Waals surface area contributed by atoms with E-state index in [1.807, 2.05) is 6.07 Å². The molecule has 0 aliphatic carbocycles. The molecule has 2 rings (SSSR count). The van der Waals surface area contributed by atoms with E-state index in [-0.39, 0.29) is 11.8 Å². The van der Waals surface area contributed by atoms with Crippen LogP contribution in [0, 0.1) is 11.6 Å². The molecule has 0 saturated carbocycles. The van der Waals surface area contributed by atoms with Gasteiger partial charge in [0.1, 0.15) is 5.75 Å². The maximum absolute atomic E-state index is 13.6. The Kier molecular flexibility index (Phi) is 4.17. The van der Waals surface area contributed by atoms with Crippen LogP contribution in [-0.4, -0.2) is 0 Å². The maximum atomic E-state index is 13.6. The minimum atomic E-state index is -1.03. The summed E-state index contributed by atoms with van der Waals surface area (Å²) >= 11 is 3.10. The van der Waals surface area contributed by atoms with Gasteiger partial charge in [-0.1, -0.05) is 34.1 Å². The van der Waals surface area contributed by atoms with Crippen molar-refractivity contribution in [3.05, 3.63) is 58.1 Å². The standard InChI is InChI=1S/C14H12BrF2NO/c1-8(18)10-4-2-3-5-12(10)19-13-7-9(15)6-11(16)14(13)17/h2-8H,18H2,1H3/t8-/m1/s1. The Balaban J connectivity index is 2.42. The summed E-state index contributed by atoms with van der Waals surface area (Å²) in [5, 5.41) is 0. The second-order valence-corrected chi connectivity index (χ2v) is 5.04.